The van der Waals surface area contributed by atoms with Crippen molar-refractivity contribution >= 4 is 27.3 Å². The van der Waals surface area contributed by atoms with Crippen molar-refractivity contribution in [3.63, 3.8) is 0 Å². The number of hydrogen-bond acceptors (Lipinski definition) is 3. The maximum absolute atomic E-state index is 12.8. The average molecular weight is 316 g/mol. The molecule has 118 valence electrons. The summed E-state index contributed by atoms with van der Waals surface area (Å²) in [5.74, 6) is 0.207. The molecule has 0 N–H and O–H groups in total. The molecule has 22 heavy (non-hydrogen) atoms. The number of rotatable bonds is 2. The lowest BCUT2D eigenvalue weighted by Crippen LogP contribution is -2.33. The van der Waals surface area contributed by atoms with Crippen molar-refractivity contribution in [1.29, 1.82) is 0 Å². The van der Waals surface area contributed by atoms with Crippen LogP contribution in [0.3, 0.4) is 0 Å². The van der Waals surface area contributed by atoms with Crippen LogP contribution >= 0.6 is 11.3 Å². The minimum absolute atomic E-state index is 0.207. The van der Waals surface area contributed by atoms with E-state index in [4.69, 9.17) is 0 Å². The zero-order chi connectivity index (χ0) is 15.7. The Morgan fingerprint density at radius 2 is 2.05 bits per heavy atom. The summed E-state index contributed by atoms with van der Waals surface area (Å²) in [4.78, 5) is 18.0. The molecule has 0 spiro atoms. The third-order valence-corrected chi connectivity index (χ3v) is 5.70. The molecular weight excluding hydrogens is 292 g/mol. The van der Waals surface area contributed by atoms with Crippen LogP contribution in [0.5, 0.6) is 0 Å². The van der Waals surface area contributed by atoms with Crippen molar-refractivity contribution in [2.75, 3.05) is 27.2 Å². The second-order valence-corrected chi connectivity index (χ2v) is 7.58. The van der Waals surface area contributed by atoms with Crippen LogP contribution in [-0.2, 0) is 0 Å². The summed E-state index contributed by atoms with van der Waals surface area (Å²) < 4.78 is 1.20. The first-order valence-electron chi connectivity index (χ1n) is 8.00. The number of benzene rings is 1. The Balaban J connectivity index is 1.77. The van der Waals surface area contributed by atoms with E-state index in [1.165, 1.54) is 22.1 Å². The summed E-state index contributed by atoms with van der Waals surface area (Å²) in [6, 6.07) is 9.05. The van der Waals surface area contributed by atoms with E-state index in [2.05, 4.69) is 50.2 Å². The second-order valence-electron chi connectivity index (χ2n) is 6.49. The van der Waals surface area contributed by atoms with Gasteiger partial charge in [0.2, 0.25) is 0 Å². The molecule has 1 aromatic carbocycles. The van der Waals surface area contributed by atoms with Gasteiger partial charge < -0.3 is 9.80 Å². The molecule has 1 aromatic heterocycles. The van der Waals surface area contributed by atoms with Crippen LogP contribution in [0.2, 0.25) is 0 Å². The normalized spacial score (nSPS) is 19.6. The second kappa shape index (κ2) is 6.39. The van der Waals surface area contributed by atoms with Gasteiger partial charge in [-0.25, -0.2) is 0 Å². The van der Waals surface area contributed by atoms with E-state index in [1.807, 2.05) is 4.90 Å². The van der Waals surface area contributed by atoms with Crippen molar-refractivity contribution < 1.29 is 4.79 Å². The molecule has 1 unspecified atom stereocenters. The molecule has 1 aliphatic rings. The number of hydrogen-bond donors (Lipinski definition) is 0. The first-order valence-corrected chi connectivity index (χ1v) is 8.82. The minimum Gasteiger partial charge on any atom is -0.338 e. The molecule has 0 bridgehead atoms. The van der Waals surface area contributed by atoms with Crippen LogP contribution in [-0.4, -0.2) is 48.9 Å². The molecule has 1 amide bonds. The first-order chi connectivity index (χ1) is 10.5. The monoisotopic (exact) mass is 316 g/mol. The van der Waals surface area contributed by atoms with Crippen LogP contribution in [0.4, 0.5) is 0 Å². The largest absolute Gasteiger partial charge is 0.338 e. The van der Waals surface area contributed by atoms with Gasteiger partial charge in [0.05, 0.1) is 4.88 Å². The third-order valence-electron chi connectivity index (χ3n) is 4.60. The highest BCUT2D eigenvalue weighted by molar-refractivity contribution is 7.20. The van der Waals surface area contributed by atoms with Crippen molar-refractivity contribution in [3.05, 3.63) is 34.7 Å². The van der Waals surface area contributed by atoms with Crippen LogP contribution in [0.25, 0.3) is 10.1 Å². The zero-order valence-corrected chi connectivity index (χ0v) is 14.4. The number of likely N-dealkylation sites (tertiary alicyclic amines) is 1. The van der Waals surface area contributed by atoms with Gasteiger partial charge in [-0.3, -0.25) is 4.79 Å². The van der Waals surface area contributed by atoms with Crippen LogP contribution < -0.4 is 0 Å². The van der Waals surface area contributed by atoms with Gasteiger partial charge in [-0.2, -0.15) is 0 Å². The summed E-state index contributed by atoms with van der Waals surface area (Å²) in [5, 5.41) is 1.19. The molecule has 1 saturated heterocycles. The fraction of sp³-hybridized carbons (Fsp3) is 0.500. The predicted molar refractivity (Wildman–Crippen MR) is 93.8 cm³/mol. The molecule has 1 fully saturated rings. The summed E-state index contributed by atoms with van der Waals surface area (Å²) in [5.41, 5.74) is 1.24. The van der Waals surface area contributed by atoms with E-state index >= 15 is 0 Å². The van der Waals surface area contributed by atoms with Gasteiger partial charge in [0.15, 0.2) is 0 Å². The number of thiophene rings is 1. The Labute approximate surface area is 136 Å². The Bertz CT molecular complexity index is 677. The highest BCUT2D eigenvalue weighted by Gasteiger charge is 2.23. The first kappa shape index (κ1) is 15.5. The number of amides is 1. The van der Waals surface area contributed by atoms with Gasteiger partial charge >= 0.3 is 0 Å². The number of carbonyl (C=O) groups is 1. The molecule has 2 aromatic rings. The van der Waals surface area contributed by atoms with E-state index in [9.17, 15) is 4.79 Å². The van der Waals surface area contributed by atoms with E-state index in [0.29, 0.717) is 6.04 Å². The molecule has 1 atom stereocenters. The van der Waals surface area contributed by atoms with Crippen molar-refractivity contribution in [1.82, 2.24) is 9.80 Å². The van der Waals surface area contributed by atoms with Crippen LogP contribution in [0, 0.1) is 6.92 Å². The Kier molecular flexibility index (Phi) is 4.50. The average Bonchev–Trinajstić information content (AvgIpc) is 2.74. The Morgan fingerprint density at radius 3 is 2.82 bits per heavy atom. The van der Waals surface area contributed by atoms with Crippen molar-refractivity contribution in [2.45, 2.75) is 32.2 Å². The van der Waals surface area contributed by atoms with Gasteiger partial charge in [-0.1, -0.05) is 17.7 Å². The summed E-state index contributed by atoms with van der Waals surface area (Å²) >= 11 is 1.62. The molecule has 3 rings (SSSR count). The number of nitrogens with zero attached hydrogens (tertiary/aromatic N) is 2. The smallest absolute Gasteiger partial charge is 0.263 e. The third kappa shape index (κ3) is 3.18. The lowest BCUT2D eigenvalue weighted by Gasteiger charge is -2.23. The lowest BCUT2D eigenvalue weighted by molar-refractivity contribution is 0.0763. The van der Waals surface area contributed by atoms with E-state index < -0.39 is 0 Å². The minimum atomic E-state index is 0.207. The van der Waals surface area contributed by atoms with E-state index in [-0.39, 0.29) is 5.91 Å². The molecule has 1 aliphatic heterocycles. The van der Waals surface area contributed by atoms with Gasteiger partial charge in [-0.05, 0) is 57.8 Å². The number of carbonyl (C=O) groups excluding carboxylic acids is 1. The molecule has 0 radical (unpaired) electrons. The highest BCUT2D eigenvalue weighted by atomic mass is 32.1. The van der Waals surface area contributed by atoms with E-state index in [0.717, 1.165) is 30.8 Å². The molecular formula is C18H24N2OS. The number of fused-ring (bicyclic) bond motifs is 1. The molecule has 4 heteroatoms. The molecule has 0 saturated carbocycles. The molecule has 2 heterocycles. The number of aryl methyl sites for hydroxylation is 1. The van der Waals surface area contributed by atoms with E-state index in [1.54, 1.807) is 11.3 Å². The predicted octanol–water partition coefficient (Wildman–Crippen LogP) is 3.77. The van der Waals surface area contributed by atoms with Crippen molar-refractivity contribution in [3.8, 4) is 0 Å². The van der Waals surface area contributed by atoms with Gasteiger partial charge in [0.25, 0.3) is 5.91 Å². The van der Waals surface area contributed by atoms with Crippen molar-refractivity contribution in [2.24, 2.45) is 0 Å². The summed E-state index contributed by atoms with van der Waals surface area (Å²) in [6.07, 6.45) is 3.35. The topological polar surface area (TPSA) is 23.6 Å². The Hall–Kier alpha value is -1.39. The zero-order valence-electron chi connectivity index (χ0n) is 13.6. The van der Waals surface area contributed by atoms with Gasteiger partial charge in [0.1, 0.15) is 0 Å². The lowest BCUT2D eigenvalue weighted by atomic mass is 10.1. The van der Waals surface area contributed by atoms with Crippen LogP contribution in [0.15, 0.2) is 24.3 Å². The quantitative estimate of drug-likeness (QED) is 0.842. The summed E-state index contributed by atoms with van der Waals surface area (Å²) in [7, 11) is 4.27. The van der Waals surface area contributed by atoms with Gasteiger partial charge in [-0.15, -0.1) is 11.3 Å². The SMILES string of the molecule is Cc1ccc2sc(C(=O)N3CCCC(N(C)C)CC3)cc2c1. The Morgan fingerprint density at radius 1 is 1.23 bits per heavy atom. The highest BCUT2D eigenvalue weighted by Crippen LogP contribution is 2.28. The van der Waals surface area contributed by atoms with Crippen LogP contribution in [0.1, 0.15) is 34.5 Å². The maximum atomic E-state index is 12.8. The standard InChI is InChI=1S/C18H24N2OS/c1-13-6-7-16-14(11-13)12-17(22-16)18(21)20-9-4-5-15(8-10-20)19(2)3/h6-7,11-12,15H,4-5,8-10H2,1-3H3. The maximum Gasteiger partial charge on any atom is 0.263 e. The fourth-order valence-corrected chi connectivity index (χ4v) is 4.23. The fourth-order valence-electron chi connectivity index (χ4n) is 3.22. The summed E-state index contributed by atoms with van der Waals surface area (Å²) in [6.45, 7) is 3.85. The molecule has 0 aliphatic carbocycles. The van der Waals surface area contributed by atoms with Gasteiger partial charge in [0, 0.05) is 23.8 Å². The molecule has 3 nitrogen and oxygen atoms in total.